The fourth-order valence-corrected chi connectivity index (χ4v) is 3.40. The first-order chi connectivity index (χ1) is 11.6. The van der Waals surface area contributed by atoms with Gasteiger partial charge in [-0.05, 0) is 25.0 Å². The topological polar surface area (TPSA) is 49.9 Å². The second kappa shape index (κ2) is 7.64. The van der Waals surface area contributed by atoms with Crippen molar-refractivity contribution in [3.05, 3.63) is 30.1 Å². The molecule has 130 valence electrons. The molecule has 1 saturated carbocycles. The minimum Gasteiger partial charge on any atom is -0.481 e. The van der Waals surface area contributed by atoms with E-state index in [-0.39, 0.29) is 30.1 Å². The largest absolute Gasteiger partial charge is 0.481 e. The maximum atomic E-state index is 13.5. The maximum Gasteiger partial charge on any atom is 0.260 e. The summed E-state index contributed by atoms with van der Waals surface area (Å²) in [7, 11) is 0. The van der Waals surface area contributed by atoms with E-state index in [1.54, 1.807) is 17.0 Å². The molecular weight excluding hydrogens is 311 g/mol. The molecule has 6 heteroatoms. The minimum absolute atomic E-state index is 0.0842. The lowest BCUT2D eigenvalue weighted by Gasteiger charge is -2.36. The molecule has 2 amide bonds. The highest BCUT2D eigenvalue weighted by atomic mass is 19.1. The molecule has 1 aliphatic carbocycles. The Labute approximate surface area is 141 Å². The van der Waals surface area contributed by atoms with Crippen molar-refractivity contribution < 1.29 is 18.7 Å². The molecule has 24 heavy (non-hydrogen) atoms. The van der Waals surface area contributed by atoms with Gasteiger partial charge in [0.25, 0.3) is 5.91 Å². The van der Waals surface area contributed by atoms with E-state index in [9.17, 15) is 14.0 Å². The number of para-hydroxylation sites is 1. The summed E-state index contributed by atoms with van der Waals surface area (Å²) in [5, 5.41) is 0. The number of amides is 2. The molecule has 0 atom stereocenters. The Hall–Kier alpha value is -2.11. The lowest BCUT2D eigenvalue weighted by molar-refractivity contribution is -0.142. The second-order valence-electron chi connectivity index (χ2n) is 6.41. The van der Waals surface area contributed by atoms with Crippen LogP contribution in [0, 0.1) is 11.7 Å². The van der Waals surface area contributed by atoms with E-state index >= 15 is 0 Å². The highest BCUT2D eigenvalue weighted by Crippen LogP contribution is 2.27. The van der Waals surface area contributed by atoms with Crippen molar-refractivity contribution in [3.8, 4) is 5.75 Å². The Morgan fingerprint density at radius 3 is 2.33 bits per heavy atom. The van der Waals surface area contributed by atoms with Crippen molar-refractivity contribution in [2.24, 2.45) is 5.92 Å². The zero-order valence-electron chi connectivity index (χ0n) is 13.7. The molecule has 2 aliphatic rings. The zero-order valence-corrected chi connectivity index (χ0v) is 13.7. The third kappa shape index (κ3) is 3.86. The van der Waals surface area contributed by atoms with Crippen LogP contribution < -0.4 is 4.74 Å². The molecule has 0 bridgehead atoms. The summed E-state index contributed by atoms with van der Waals surface area (Å²) in [4.78, 5) is 28.1. The molecule has 1 heterocycles. The van der Waals surface area contributed by atoms with Crippen LogP contribution in [-0.4, -0.2) is 54.4 Å². The summed E-state index contributed by atoms with van der Waals surface area (Å²) in [6.07, 6.45) is 4.27. The summed E-state index contributed by atoms with van der Waals surface area (Å²) >= 11 is 0. The number of halogens is 1. The van der Waals surface area contributed by atoms with Crippen molar-refractivity contribution >= 4 is 11.8 Å². The number of ether oxygens (including phenoxy) is 1. The molecule has 2 fully saturated rings. The number of benzene rings is 1. The van der Waals surface area contributed by atoms with Crippen LogP contribution in [-0.2, 0) is 9.59 Å². The first kappa shape index (κ1) is 16.7. The highest BCUT2D eigenvalue weighted by Gasteiger charge is 2.30. The van der Waals surface area contributed by atoms with Crippen molar-refractivity contribution in [3.63, 3.8) is 0 Å². The van der Waals surface area contributed by atoms with E-state index in [0.29, 0.717) is 26.2 Å². The quantitative estimate of drug-likeness (QED) is 0.847. The molecule has 1 aromatic carbocycles. The SMILES string of the molecule is O=C(COc1ccccc1F)N1CCN(C(=O)C2CCCC2)CC1. The summed E-state index contributed by atoms with van der Waals surface area (Å²) in [5.74, 6) is -0.150. The minimum atomic E-state index is -0.475. The molecule has 0 spiro atoms. The lowest BCUT2D eigenvalue weighted by Crippen LogP contribution is -2.52. The van der Waals surface area contributed by atoms with Crippen molar-refractivity contribution in [2.75, 3.05) is 32.8 Å². The van der Waals surface area contributed by atoms with Gasteiger partial charge in [-0.25, -0.2) is 4.39 Å². The number of hydrogen-bond acceptors (Lipinski definition) is 3. The summed E-state index contributed by atoms with van der Waals surface area (Å²) in [5.41, 5.74) is 0. The zero-order chi connectivity index (χ0) is 16.9. The van der Waals surface area contributed by atoms with Crippen LogP contribution in [0.25, 0.3) is 0 Å². The maximum absolute atomic E-state index is 13.5. The first-order valence-corrected chi connectivity index (χ1v) is 8.59. The number of hydrogen-bond donors (Lipinski definition) is 0. The van der Waals surface area contributed by atoms with Gasteiger partial charge >= 0.3 is 0 Å². The molecule has 3 rings (SSSR count). The molecule has 0 aromatic heterocycles. The van der Waals surface area contributed by atoms with E-state index in [2.05, 4.69) is 0 Å². The predicted octanol–water partition coefficient (Wildman–Crippen LogP) is 2.07. The normalized spacial score (nSPS) is 18.7. The molecule has 0 N–H and O–H groups in total. The van der Waals surface area contributed by atoms with E-state index in [1.165, 1.54) is 12.1 Å². The Bertz CT molecular complexity index is 594. The first-order valence-electron chi connectivity index (χ1n) is 8.59. The molecule has 0 radical (unpaired) electrons. The third-order valence-electron chi connectivity index (χ3n) is 4.84. The lowest BCUT2D eigenvalue weighted by atomic mass is 10.1. The van der Waals surface area contributed by atoms with Crippen LogP contribution in [0.2, 0.25) is 0 Å². The number of piperazine rings is 1. The van der Waals surface area contributed by atoms with Crippen molar-refractivity contribution in [1.29, 1.82) is 0 Å². The molecule has 1 aliphatic heterocycles. The van der Waals surface area contributed by atoms with Gasteiger partial charge in [0.15, 0.2) is 18.2 Å². The Balaban J connectivity index is 1.45. The number of carbonyl (C=O) groups is 2. The van der Waals surface area contributed by atoms with Gasteiger partial charge in [0.1, 0.15) is 0 Å². The third-order valence-corrected chi connectivity index (χ3v) is 4.84. The van der Waals surface area contributed by atoms with Crippen molar-refractivity contribution in [2.45, 2.75) is 25.7 Å². The van der Waals surface area contributed by atoms with E-state index < -0.39 is 5.82 Å². The van der Waals surface area contributed by atoms with Crippen LogP contribution in [0.1, 0.15) is 25.7 Å². The summed E-state index contributed by atoms with van der Waals surface area (Å²) in [6, 6.07) is 6.04. The fraction of sp³-hybridized carbons (Fsp3) is 0.556. The van der Waals surface area contributed by atoms with Gasteiger partial charge in [0, 0.05) is 32.1 Å². The van der Waals surface area contributed by atoms with Crippen LogP contribution in [0.4, 0.5) is 4.39 Å². The summed E-state index contributed by atoms with van der Waals surface area (Å²) in [6.45, 7) is 1.98. The Morgan fingerprint density at radius 2 is 1.67 bits per heavy atom. The van der Waals surface area contributed by atoms with Gasteiger partial charge in [-0.3, -0.25) is 9.59 Å². The molecule has 0 unspecified atom stereocenters. The van der Waals surface area contributed by atoms with E-state index in [4.69, 9.17) is 4.74 Å². The average molecular weight is 334 g/mol. The standard InChI is InChI=1S/C18H23FN2O3/c19-15-7-3-4-8-16(15)24-13-17(22)20-9-11-21(12-10-20)18(23)14-5-1-2-6-14/h3-4,7-8,14H,1-2,5-6,9-13H2. The van der Waals surface area contributed by atoms with Gasteiger partial charge in [-0.2, -0.15) is 0 Å². The molecule has 1 aromatic rings. The number of nitrogens with zero attached hydrogens (tertiary/aromatic N) is 2. The van der Waals surface area contributed by atoms with Crippen LogP contribution in [0.5, 0.6) is 5.75 Å². The van der Waals surface area contributed by atoms with Gasteiger partial charge < -0.3 is 14.5 Å². The average Bonchev–Trinajstić information content (AvgIpc) is 3.15. The highest BCUT2D eigenvalue weighted by molar-refractivity contribution is 5.80. The van der Waals surface area contributed by atoms with Gasteiger partial charge in [-0.1, -0.05) is 25.0 Å². The Morgan fingerprint density at radius 1 is 1.04 bits per heavy atom. The van der Waals surface area contributed by atoms with Crippen LogP contribution >= 0.6 is 0 Å². The fourth-order valence-electron chi connectivity index (χ4n) is 3.40. The number of carbonyl (C=O) groups excluding carboxylic acids is 2. The smallest absolute Gasteiger partial charge is 0.260 e. The predicted molar refractivity (Wildman–Crippen MR) is 87.0 cm³/mol. The molecular formula is C18H23FN2O3. The van der Waals surface area contributed by atoms with Crippen LogP contribution in [0.3, 0.4) is 0 Å². The summed E-state index contributed by atoms with van der Waals surface area (Å²) < 4.78 is 18.7. The monoisotopic (exact) mass is 334 g/mol. The number of rotatable bonds is 4. The Kier molecular flexibility index (Phi) is 5.33. The van der Waals surface area contributed by atoms with Crippen molar-refractivity contribution in [1.82, 2.24) is 9.80 Å². The van der Waals surface area contributed by atoms with Gasteiger partial charge in [-0.15, -0.1) is 0 Å². The van der Waals surface area contributed by atoms with Gasteiger partial charge in [0.2, 0.25) is 5.91 Å². The van der Waals surface area contributed by atoms with Crippen LogP contribution in [0.15, 0.2) is 24.3 Å². The van der Waals surface area contributed by atoms with Gasteiger partial charge in [0.05, 0.1) is 0 Å². The van der Waals surface area contributed by atoms with E-state index in [1.807, 2.05) is 4.90 Å². The molecule has 1 saturated heterocycles. The second-order valence-corrected chi connectivity index (χ2v) is 6.41. The molecule has 5 nitrogen and oxygen atoms in total. The van der Waals surface area contributed by atoms with E-state index in [0.717, 1.165) is 25.7 Å².